The van der Waals surface area contributed by atoms with E-state index in [1.807, 2.05) is 37.3 Å². The highest BCUT2D eigenvalue weighted by Gasteiger charge is 2.16. The van der Waals surface area contributed by atoms with Gasteiger partial charge < -0.3 is 14.8 Å². The van der Waals surface area contributed by atoms with Crippen LogP contribution in [0.15, 0.2) is 53.2 Å². The summed E-state index contributed by atoms with van der Waals surface area (Å²) in [5, 5.41) is 6.81. The lowest BCUT2D eigenvalue weighted by Crippen LogP contribution is -2.27. The Morgan fingerprint density at radius 1 is 1.27 bits per heavy atom. The average molecular weight is 296 g/mol. The topological polar surface area (TPSA) is 83.8 Å². The number of hydrogen-bond acceptors (Lipinski definition) is 4. The zero-order valence-corrected chi connectivity index (χ0v) is 12.1. The van der Waals surface area contributed by atoms with Gasteiger partial charge >= 0.3 is 0 Å². The summed E-state index contributed by atoms with van der Waals surface area (Å²) in [6, 6.07) is 13.1. The Kier molecular flexibility index (Phi) is 4.00. The van der Waals surface area contributed by atoms with Gasteiger partial charge in [-0.25, -0.2) is 0 Å². The summed E-state index contributed by atoms with van der Waals surface area (Å²) < 4.78 is 5.28. The number of nitrogens with one attached hydrogen (secondary N) is 2. The zero-order valence-electron chi connectivity index (χ0n) is 12.1. The molecule has 0 fully saturated rings. The monoisotopic (exact) mass is 296 g/mol. The zero-order chi connectivity index (χ0) is 15.4. The molecule has 0 unspecified atom stereocenters. The first-order chi connectivity index (χ1) is 10.7. The van der Waals surface area contributed by atoms with Gasteiger partial charge in [0.25, 0.3) is 5.91 Å². The molecule has 3 aromatic rings. The lowest BCUT2D eigenvalue weighted by molar-refractivity contribution is 0.0946. The maximum Gasteiger partial charge on any atom is 0.267 e. The predicted octanol–water partition coefficient (Wildman–Crippen LogP) is 2.60. The van der Waals surface area contributed by atoms with Crippen LogP contribution in [0.3, 0.4) is 0 Å². The van der Waals surface area contributed by atoms with Crippen LogP contribution in [0.5, 0.6) is 0 Å². The van der Waals surface area contributed by atoms with Gasteiger partial charge in [0.2, 0.25) is 11.7 Å². The normalized spacial score (nSPS) is 12.0. The van der Waals surface area contributed by atoms with E-state index in [0.717, 1.165) is 5.56 Å². The average Bonchev–Trinajstić information content (AvgIpc) is 3.24. The van der Waals surface area contributed by atoms with Crippen molar-refractivity contribution in [1.29, 1.82) is 0 Å². The highest BCUT2D eigenvalue weighted by Crippen LogP contribution is 2.19. The smallest absolute Gasteiger partial charge is 0.267 e. The SMILES string of the molecule is C[C@@H](CNC(=O)c1ccc[nH]1)c1nc(-c2ccccc2)no1. The summed E-state index contributed by atoms with van der Waals surface area (Å²) in [5.41, 5.74) is 1.43. The van der Waals surface area contributed by atoms with E-state index >= 15 is 0 Å². The lowest BCUT2D eigenvalue weighted by Gasteiger charge is -2.07. The van der Waals surface area contributed by atoms with Gasteiger partial charge in [-0.15, -0.1) is 0 Å². The number of rotatable bonds is 5. The highest BCUT2D eigenvalue weighted by molar-refractivity contribution is 5.92. The van der Waals surface area contributed by atoms with E-state index in [-0.39, 0.29) is 11.8 Å². The van der Waals surface area contributed by atoms with Crippen LogP contribution in [0.25, 0.3) is 11.4 Å². The number of H-pyrrole nitrogens is 1. The van der Waals surface area contributed by atoms with Crippen molar-refractivity contribution in [1.82, 2.24) is 20.4 Å². The molecule has 1 amide bonds. The van der Waals surface area contributed by atoms with Crippen LogP contribution < -0.4 is 5.32 Å². The minimum atomic E-state index is -0.153. The highest BCUT2D eigenvalue weighted by atomic mass is 16.5. The number of nitrogens with zero attached hydrogens (tertiary/aromatic N) is 2. The summed E-state index contributed by atoms with van der Waals surface area (Å²) in [6.45, 7) is 2.35. The minimum Gasteiger partial charge on any atom is -0.357 e. The summed E-state index contributed by atoms with van der Waals surface area (Å²) in [5.74, 6) is 0.840. The van der Waals surface area contributed by atoms with Gasteiger partial charge in [0.1, 0.15) is 5.69 Å². The molecule has 1 atom stereocenters. The van der Waals surface area contributed by atoms with Gasteiger partial charge in [-0.3, -0.25) is 4.79 Å². The molecule has 112 valence electrons. The Balaban J connectivity index is 1.62. The number of aromatic nitrogens is 3. The van der Waals surface area contributed by atoms with Crippen LogP contribution >= 0.6 is 0 Å². The van der Waals surface area contributed by atoms with E-state index in [4.69, 9.17) is 4.52 Å². The fraction of sp³-hybridized carbons (Fsp3) is 0.188. The second kappa shape index (κ2) is 6.26. The van der Waals surface area contributed by atoms with Crippen LogP contribution in [0.4, 0.5) is 0 Å². The molecule has 3 rings (SSSR count). The van der Waals surface area contributed by atoms with Crippen molar-refractivity contribution in [3.63, 3.8) is 0 Å². The second-order valence-corrected chi connectivity index (χ2v) is 5.02. The molecule has 2 N–H and O–H groups in total. The van der Waals surface area contributed by atoms with Crippen molar-refractivity contribution in [2.75, 3.05) is 6.54 Å². The molecule has 6 heteroatoms. The third-order valence-corrected chi connectivity index (χ3v) is 3.31. The van der Waals surface area contributed by atoms with E-state index in [0.29, 0.717) is 24.0 Å². The number of amides is 1. The minimum absolute atomic E-state index is 0.0659. The first kappa shape index (κ1) is 14.1. The standard InChI is InChI=1S/C16H16N4O2/c1-11(10-18-15(21)13-8-5-9-17-13)16-19-14(20-22-16)12-6-3-2-4-7-12/h2-9,11,17H,10H2,1H3,(H,18,21)/t11-/m0/s1. The van der Waals surface area contributed by atoms with Crippen molar-refractivity contribution in [2.45, 2.75) is 12.8 Å². The number of carbonyl (C=O) groups excluding carboxylic acids is 1. The van der Waals surface area contributed by atoms with Crippen molar-refractivity contribution >= 4 is 5.91 Å². The third-order valence-electron chi connectivity index (χ3n) is 3.31. The van der Waals surface area contributed by atoms with Gasteiger partial charge in [0.15, 0.2) is 0 Å². The van der Waals surface area contributed by atoms with Crippen LogP contribution in [0.2, 0.25) is 0 Å². The fourth-order valence-corrected chi connectivity index (χ4v) is 2.04. The Hall–Kier alpha value is -2.89. The van der Waals surface area contributed by atoms with E-state index in [2.05, 4.69) is 20.4 Å². The van der Waals surface area contributed by atoms with Gasteiger partial charge in [0, 0.05) is 18.3 Å². The van der Waals surface area contributed by atoms with Gasteiger partial charge in [-0.05, 0) is 12.1 Å². The van der Waals surface area contributed by atoms with Gasteiger partial charge in [-0.1, -0.05) is 42.4 Å². The second-order valence-electron chi connectivity index (χ2n) is 5.02. The molecule has 0 aliphatic carbocycles. The molecule has 0 aliphatic heterocycles. The first-order valence-electron chi connectivity index (χ1n) is 7.04. The molecule has 0 bridgehead atoms. The molecule has 1 aromatic carbocycles. The molecular weight excluding hydrogens is 280 g/mol. The summed E-state index contributed by atoms with van der Waals surface area (Å²) in [7, 11) is 0. The Morgan fingerprint density at radius 2 is 2.09 bits per heavy atom. The number of carbonyl (C=O) groups is 1. The Labute approximate surface area is 127 Å². The molecule has 0 saturated heterocycles. The van der Waals surface area contributed by atoms with E-state index in [1.54, 1.807) is 18.3 Å². The van der Waals surface area contributed by atoms with Crippen molar-refractivity contribution < 1.29 is 9.32 Å². The summed E-state index contributed by atoms with van der Waals surface area (Å²) in [6.07, 6.45) is 1.71. The van der Waals surface area contributed by atoms with Crippen LogP contribution in [-0.2, 0) is 0 Å². The predicted molar refractivity (Wildman–Crippen MR) is 81.3 cm³/mol. The number of hydrogen-bond donors (Lipinski definition) is 2. The van der Waals surface area contributed by atoms with Crippen molar-refractivity contribution in [3.8, 4) is 11.4 Å². The van der Waals surface area contributed by atoms with Crippen LogP contribution in [0, 0.1) is 0 Å². The van der Waals surface area contributed by atoms with E-state index in [9.17, 15) is 4.79 Å². The molecule has 2 aromatic heterocycles. The molecule has 0 saturated carbocycles. The maximum atomic E-state index is 11.9. The Morgan fingerprint density at radius 3 is 2.82 bits per heavy atom. The van der Waals surface area contributed by atoms with Crippen molar-refractivity contribution in [3.05, 3.63) is 60.2 Å². The fourth-order valence-electron chi connectivity index (χ4n) is 2.04. The van der Waals surface area contributed by atoms with Crippen LogP contribution in [0.1, 0.15) is 29.2 Å². The molecule has 0 radical (unpaired) electrons. The molecule has 0 aliphatic rings. The summed E-state index contributed by atoms with van der Waals surface area (Å²) >= 11 is 0. The molecule has 22 heavy (non-hydrogen) atoms. The number of benzene rings is 1. The van der Waals surface area contributed by atoms with Gasteiger partial charge in [-0.2, -0.15) is 4.98 Å². The summed E-state index contributed by atoms with van der Waals surface area (Å²) in [4.78, 5) is 19.1. The van der Waals surface area contributed by atoms with E-state index < -0.39 is 0 Å². The largest absolute Gasteiger partial charge is 0.357 e. The van der Waals surface area contributed by atoms with Crippen LogP contribution in [-0.4, -0.2) is 27.6 Å². The quantitative estimate of drug-likeness (QED) is 0.758. The lowest BCUT2D eigenvalue weighted by atomic mass is 10.1. The first-order valence-corrected chi connectivity index (χ1v) is 7.04. The Bertz CT molecular complexity index is 735. The van der Waals surface area contributed by atoms with Crippen molar-refractivity contribution in [2.24, 2.45) is 0 Å². The number of aromatic amines is 1. The van der Waals surface area contributed by atoms with Gasteiger partial charge in [0.05, 0.1) is 5.92 Å². The molecular formula is C16H16N4O2. The third kappa shape index (κ3) is 3.06. The molecule has 2 heterocycles. The molecule has 6 nitrogen and oxygen atoms in total. The molecule has 0 spiro atoms. The van der Waals surface area contributed by atoms with E-state index in [1.165, 1.54) is 0 Å². The maximum absolute atomic E-state index is 11.9.